The van der Waals surface area contributed by atoms with Gasteiger partial charge in [0.25, 0.3) is 5.56 Å². The summed E-state index contributed by atoms with van der Waals surface area (Å²) < 4.78 is 11.7. The third kappa shape index (κ3) is 3.08. The van der Waals surface area contributed by atoms with Gasteiger partial charge in [0, 0.05) is 19.9 Å². The van der Waals surface area contributed by atoms with E-state index in [9.17, 15) is 19.5 Å². The van der Waals surface area contributed by atoms with Gasteiger partial charge in [0.15, 0.2) is 11.5 Å². The Labute approximate surface area is 164 Å². The molecule has 0 radical (unpaired) electrons. The number of amides is 1. The predicted molar refractivity (Wildman–Crippen MR) is 102 cm³/mol. The van der Waals surface area contributed by atoms with E-state index in [1.54, 1.807) is 18.2 Å². The van der Waals surface area contributed by atoms with Crippen molar-refractivity contribution in [2.45, 2.75) is 25.9 Å². The quantitative estimate of drug-likeness (QED) is 0.736. The zero-order valence-corrected chi connectivity index (χ0v) is 15.5. The Hall–Kier alpha value is -3.82. The van der Waals surface area contributed by atoms with Crippen molar-refractivity contribution in [1.29, 1.82) is 0 Å². The maximum Gasteiger partial charge on any atom is 0.331 e. The van der Waals surface area contributed by atoms with Crippen molar-refractivity contribution in [2.24, 2.45) is 5.10 Å². The molecule has 0 spiro atoms. The molecule has 1 amide bonds. The molecular formula is C19H18N4O6. The van der Waals surface area contributed by atoms with Crippen molar-refractivity contribution in [2.75, 3.05) is 6.79 Å². The Morgan fingerprint density at radius 3 is 2.86 bits per heavy atom. The van der Waals surface area contributed by atoms with E-state index in [1.807, 2.05) is 0 Å². The van der Waals surface area contributed by atoms with E-state index in [2.05, 4.69) is 16.7 Å². The van der Waals surface area contributed by atoms with Gasteiger partial charge < -0.3 is 14.6 Å². The van der Waals surface area contributed by atoms with Crippen molar-refractivity contribution in [1.82, 2.24) is 14.6 Å². The smallest absolute Gasteiger partial charge is 0.331 e. The molecular weight excluding hydrogens is 380 g/mol. The molecule has 2 aliphatic heterocycles. The minimum atomic E-state index is -0.776. The van der Waals surface area contributed by atoms with Crippen molar-refractivity contribution >= 4 is 11.6 Å². The van der Waals surface area contributed by atoms with Crippen molar-refractivity contribution in [3.05, 3.63) is 62.8 Å². The molecule has 4 rings (SSSR count). The molecule has 0 unspecified atom stereocenters. The Morgan fingerprint density at radius 2 is 2.14 bits per heavy atom. The first-order valence-corrected chi connectivity index (χ1v) is 8.85. The summed E-state index contributed by atoms with van der Waals surface area (Å²) in [6.07, 6.45) is 1.58. The number of fused-ring (bicyclic) bond motifs is 1. The highest BCUT2D eigenvalue weighted by atomic mass is 16.7. The summed E-state index contributed by atoms with van der Waals surface area (Å²) in [7, 11) is 0. The normalized spacial score (nSPS) is 17.3. The maximum atomic E-state index is 12.4. The number of hydrogen-bond donors (Lipinski definition) is 2. The first-order chi connectivity index (χ1) is 13.9. The molecule has 0 aliphatic carbocycles. The van der Waals surface area contributed by atoms with Crippen LogP contribution in [0.1, 0.15) is 30.5 Å². The van der Waals surface area contributed by atoms with Gasteiger partial charge in [-0.2, -0.15) is 5.10 Å². The number of allylic oxidation sites excluding steroid dienone is 1. The van der Waals surface area contributed by atoms with Crippen LogP contribution in [-0.4, -0.2) is 38.1 Å². The molecule has 0 saturated carbocycles. The van der Waals surface area contributed by atoms with Gasteiger partial charge in [-0.1, -0.05) is 12.1 Å². The third-order valence-electron chi connectivity index (χ3n) is 4.79. The predicted octanol–water partition coefficient (Wildman–Crippen LogP) is 0.854. The molecule has 3 heterocycles. The molecule has 0 fully saturated rings. The number of aromatic hydroxyl groups is 1. The fourth-order valence-electron chi connectivity index (χ4n) is 3.45. The third-order valence-corrected chi connectivity index (χ3v) is 4.79. The SMILES string of the molecule is C=CCn1c(O)c(C2=NN(C(C)=O)[C@H](c3ccc4c(c3)OCO4)C2)c(=O)[nH]c1=O. The van der Waals surface area contributed by atoms with Crippen LogP contribution in [0.5, 0.6) is 17.4 Å². The molecule has 1 aromatic carbocycles. The second-order valence-corrected chi connectivity index (χ2v) is 6.60. The molecule has 0 bridgehead atoms. The lowest BCUT2D eigenvalue weighted by Crippen LogP contribution is -2.33. The van der Waals surface area contributed by atoms with E-state index in [4.69, 9.17) is 9.47 Å². The summed E-state index contributed by atoms with van der Waals surface area (Å²) in [6.45, 7) is 5.02. The maximum absolute atomic E-state index is 12.4. The number of rotatable bonds is 4. The highest BCUT2D eigenvalue weighted by Crippen LogP contribution is 2.39. The Morgan fingerprint density at radius 1 is 1.38 bits per heavy atom. The molecule has 150 valence electrons. The highest BCUT2D eigenvalue weighted by molar-refractivity contribution is 6.04. The largest absolute Gasteiger partial charge is 0.494 e. The van der Waals surface area contributed by atoms with E-state index in [0.717, 1.165) is 10.1 Å². The number of nitrogens with zero attached hydrogens (tertiary/aromatic N) is 3. The molecule has 2 aliphatic rings. The van der Waals surface area contributed by atoms with Crippen molar-refractivity contribution in [3.8, 4) is 17.4 Å². The van der Waals surface area contributed by atoms with Crippen LogP contribution in [-0.2, 0) is 11.3 Å². The average Bonchev–Trinajstić information content (AvgIpc) is 3.31. The highest BCUT2D eigenvalue weighted by Gasteiger charge is 2.35. The van der Waals surface area contributed by atoms with Gasteiger partial charge in [-0.15, -0.1) is 6.58 Å². The fourth-order valence-corrected chi connectivity index (χ4v) is 3.45. The zero-order chi connectivity index (χ0) is 20.7. The summed E-state index contributed by atoms with van der Waals surface area (Å²) >= 11 is 0. The van der Waals surface area contributed by atoms with Crippen molar-refractivity contribution in [3.63, 3.8) is 0 Å². The van der Waals surface area contributed by atoms with Gasteiger partial charge in [0.2, 0.25) is 18.6 Å². The van der Waals surface area contributed by atoms with Crippen LogP contribution < -0.4 is 20.7 Å². The zero-order valence-electron chi connectivity index (χ0n) is 15.5. The lowest BCUT2D eigenvalue weighted by Gasteiger charge is -2.20. The Bertz CT molecular complexity index is 1160. The Kier molecular flexibility index (Phi) is 4.45. The molecule has 1 atom stereocenters. The van der Waals surface area contributed by atoms with Crippen LogP contribution in [0.15, 0.2) is 45.5 Å². The number of benzene rings is 1. The summed E-state index contributed by atoms with van der Waals surface area (Å²) in [5.41, 5.74) is -0.759. The van der Waals surface area contributed by atoms with Crippen LogP contribution in [0.4, 0.5) is 0 Å². The van der Waals surface area contributed by atoms with E-state index >= 15 is 0 Å². The number of aromatic nitrogens is 2. The number of nitrogens with one attached hydrogen (secondary N) is 1. The van der Waals surface area contributed by atoms with E-state index < -0.39 is 23.2 Å². The summed E-state index contributed by atoms with van der Waals surface area (Å²) in [6, 6.07) is 4.78. The second-order valence-electron chi connectivity index (χ2n) is 6.60. The van der Waals surface area contributed by atoms with Gasteiger partial charge in [0.05, 0.1) is 11.8 Å². The summed E-state index contributed by atoms with van der Waals surface area (Å²) in [5.74, 6) is 0.303. The number of carbonyl (C=O) groups excluding carboxylic acids is 1. The molecule has 2 aromatic rings. The van der Waals surface area contributed by atoms with Crippen molar-refractivity contribution < 1.29 is 19.4 Å². The lowest BCUT2D eigenvalue weighted by molar-refractivity contribution is -0.130. The number of aromatic amines is 1. The van der Waals surface area contributed by atoms with Gasteiger partial charge in [-0.05, 0) is 17.7 Å². The van der Waals surface area contributed by atoms with Crippen LogP contribution in [0.2, 0.25) is 0 Å². The van der Waals surface area contributed by atoms with E-state index in [0.29, 0.717) is 11.5 Å². The van der Waals surface area contributed by atoms with Gasteiger partial charge in [-0.25, -0.2) is 9.80 Å². The minimum absolute atomic E-state index is 0.00371. The molecule has 10 nitrogen and oxygen atoms in total. The molecule has 0 saturated heterocycles. The number of ether oxygens (including phenoxy) is 2. The number of H-pyrrole nitrogens is 1. The number of hydrazone groups is 1. The first kappa shape index (κ1) is 18.5. The Balaban J connectivity index is 1.77. The molecule has 29 heavy (non-hydrogen) atoms. The second kappa shape index (κ2) is 6.97. The number of carbonyl (C=O) groups is 1. The summed E-state index contributed by atoms with van der Waals surface area (Å²) in [4.78, 5) is 38.7. The summed E-state index contributed by atoms with van der Waals surface area (Å²) in [5, 5.41) is 16.0. The van der Waals surface area contributed by atoms with E-state index in [-0.39, 0.29) is 36.9 Å². The van der Waals surface area contributed by atoms with E-state index in [1.165, 1.54) is 18.0 Å². The molecule has 1 aromatic heterocycles. The van der Waals surface area contributed by atoms with Crippen LogP contribution in [0.3, 0.4) is 0 Å². The number of hydrogen-bond acceptors (Lipinski definition) is 7. The van der Waals surface area contributed by atoms with Gasteiger partial charge >= 0.3 is 5.69 Å². The average molecular weight is 398 g/mol. The van der Waals surface area contributed by atoms with Crippen LogP contribution >= 0.6 is 0 Å². The van der Waals surface area contributed by atoms with Gasteiger partial charge in [-0.3, -0.25) is 19.1 Å². The topological polar surface area (TPSA) is 126 Å². The van der Waals surface area contributed by atoms with Crippen LogP contribution in [0.25, 0.3) is 0 Å². The van der Waals surface area contributed by atoms with Gasteiger partial charge in [0.1, 0.15) is 5.56 Å². The minimum Gasteiger partial charge on any atom is -0.494 e. The standard InChI is InChI=1S/C19H18N4O6/c1-3-6-22-18(26)16(17(25)20-19(22)27)12-8-13(23(21-12)10(2)24)11-4-5-14-15(7-11)29-9-28-14/h3-5,7,13,26H,1,6,8-9H2,2H3,(H,20,25,27)/t13-/m0/s1. The van der Waals surface area contributed by atoms with Crippen LogP contribution in [0, 0.1) is 0 Å². The molecule has 10 heteroatoms. The lowest BCUT2D eigenvalue weighted by atomic mass is 9.98. The fraction of sp³-hybridized carbons (Fsp3) is 0.263. The monoisotopic (exact) mass is 398 g/mol. The molecule has 2 N–H and O–H groups in total. The first-order valence-electron chi connectivity index (χ1n) is 8.85.